The number of benzene rings is 1. The molecule has 2 aliphatic carbocycles. The molecule has 3 nitrogen and oxygen atoms in total. The van der Waals surface area contributed by atoms with Gasteiger partial charge in [0, 0.05) is 11.6 Å². The van der Waals surface area contributed by atoms with Gasteiger partial charge in [0.1, 0.15) is 16.9 Å². The molecule has 1 aromatic heterocycles. The van der Waals surface area contributed by atoms with Crippen LogP contribution < -0.4 is 15.4 Å². The first-order valence-electron chi connectivity index (χ1n) is 12.4. The molecule has 0 saturated heterocycles. The summed E-state index contributed by atoms with van der Waals surface area (Å²) in [5.74, 6) is 1.82. The van der Waals surface area contributed by atoms with Crippen LogP contribution in [0.5, 0.6) is 5.75 Å². The quantitative estimate of drug-likeness (QED) is 0.466. The van der Waals surface area contributed by atoms with Crippen molar-refractivity contribution in [3.8, 4) is 17.1 Å². The van der Waals surface area contributed by atoms with E-state index in [2.05, 4.69) is 46.8 Å². The lowest BCUT2D eigenvalue weighted by atomic mass is 9.63. The summed E-state index contributed by atoms with van der Waals surface area (Å²) >= 11 is 0. The molecule has 0 unspecified atom stereocenters. The van der Waals surface area contributed by atoms with Crippen LogP contribution in [-0.2, 0) is 15.6 Å². The Kier molecular flexibility index (Phi) is 6.38. The molecule has 4 rings (SSSR count). The predicted octanol–water partition coefficient (Wildman–Crippen LogP) is 6.18. The van der Waals surface area contributed by atoms with Crippen LogP contribution in [-0.4, -0.2) is 12.4 Å². The van der Waals surface area contributed by atoms with Crippen molar-refractivity contribution in [3.05, 3.63) is 40.0 Å². The molecule has 0 N–H and O–H groups in total. The van der Waals surface area contributed by atoms with Crippen molar-refractivity contribution >= 4 is 17.9 Å². The Labute approximate surface area is 192 Å². The van der Waals surface area contributed by atoms with Gasteiger partial charge in [-0.25, -0.2) is 0 Å². The largest absolute Gasteiger partial charge is 0.493 e. The molecule has 0 fully saturated rings. The number of furan rings is 1. The van der Waals surface area contributed by atoms with E-state index in [0.717, 1.165) is 47.2 Å². The molecular weight excluding hydrogens is 396 g/mol. The Morgan fingerprint density at radius 2 is 1.62 bits per heavy atom. The molecule has 1 aromatic carbocycles. The van der Waals surface area contributed by atoms with Gasteiger partial charge in [-0.2, -0.15) is 0 Å². The topological polar surface area (TPSA) is 39.4 Å². The van der Waals surface area contributed by atoms with Crippen molar-refractivity contribution in [3.63, 3.8) is 0 Å². The maximum atomic E-state index is 11.9. The van der Waals surface area contributed by atoms with Gasteiger partial charge in [-0.1, -0.05) is 60.3 Å². The summed E-state index contributed by atoms with van der Waals surface area (Å²) in [6, 6.07) is 6.58. The van der Waals surface area contributed by atoms with E-state index in [-0.39, 0.29) is 16.6 Å². The van der Waals surface area contributed by atoms with Gasteiger partial charge in [-0.05, 0) is 71.6 Å². The van der Waals surface area contributed by atoms with Gasteiger partial charge in [0.15, 0.2) is 5.78 Å². The first-order valence-corrected chi connectivity index (χ1v) is 12.4. The molecule has 0 spiro atoms. The van der Waals surface area contributed by atoms with Crippen LogP contribution >= 0.6 is 0 Å². The number of ether oxygens (including phenoxy) is 1. The van der Waals surface area contributed by atoms with E-state index < -0.39 is 0 Å². The number of hydrogen-bond donors (Lipinski definition) is 0. The van der Waals surface area contributed by atoms with E-state index >= 15 is 0 Å². The van der Waals surface area contributed by atoms with Crippen molar-refractivity contribution in [1.82, 2.24) is 0 Å². The van der Waals surface area contributed by atoms with E-state index in [9.17, 15) is 4.79 Å². The number of unbranched alkanes of at least 4 members (excludes halogenated alkanes) is 4. The number of fused-ring (bicyclic) bond motifs is 2. The Morgan fingerprint density at radius 3 is 2.34 bits per heavy atom. The van der Waals surface area contributed by atoms with E-state index in [1.54, 1.807) is 6.08 Å². The number of rotatable bonds is 8. The molecule has 0 radical (unpaired) electrons. The zero-order valence-electron chi connectivity index (χ0n) is 20.5. The summed E-state index contributed by atoms with van der Waals surface area (Å²) in [7, 11) is 0. The number of ketones is 1. The average molecular weight is 435 g/mol. The highest BCUT2D eigenvalue weighted by Gasteiger charge is 2.38. The minimum absolute atomic E-state index is 0.110. The molecule has 3 heteroatoms. The summed E-state index contributed by atoms with van der Waals surface area (Å²) in [6.07, 6.45) is 12.4. The number of carbonyl (C=O) groups is 1. The fourth-order valence-corrected chi connectivity index (χ4v) is 5.04. The molecule has 0 atom stereocenters. The minimum atomic E-state index is 0.110. The van der Waals surface area contributed by atoms with Crippen LogP contribution in [0.1, 0.15) is 97.1 Å². The van der Waals surface area contributed by atoms with E-state index in [1.165, 1.54) is 43.2 Å². The molecule has 0 bridgehead atoms. The number of carbonyl (C=O) groups excluding carboxylic acids is 1. The number of hydrogen-bond acceptors (Lipinski definition) is 3. The van der Waals surface area contributed by atoms with Gasteiger partial charge in [0.25, 0.3) is 0 Å². The third kappa shape index (κ3) is 4.58. The lowest BCUT2D eigenvalue weighted by Crippen LogP contribution is -2.33. The Bertz CT molecular complexity index is 1110. The van der Waals surface area contributed by atoms with Crippen molar-refractivity contribution in [1.29, 1.82) is 0 Å². The van der Waals surface area contributed by atoms with E-state index in [4.69, 9.17) is 9.15 Å². The van der Waals surface area contributed by atoms with Gasteiger partial charge >= 0.3 is 0 Å². The van der Waals surface area contributed by atoms with Crippen LogP contribution in [0, 0.1) is 0 Å². The maximum absolute atomic E-state index is 11.9. The van der Waals surface area contributed by atoms with Crippen LogP contribution in [0.4, 0.5) is 0 Å². The smallest absolute Gasteiger partial charge is 0.160 e. The van der Waals surface area contributed by atoms with Gasteiger partial charge in [-0.15, -0.1) is 0 Å². The molecule has 2 aliphatic rings. The molecule has 0 aliphatic heterocycles. The minimum Gasteiger partial charge on any atom is -0.493 e. The van der Waals surface area contributed by atoms with Gasteiger partial charge < -0.3 is 9.15 Å². The van der Waals surface area contributed by atoms with Gasteiger partial charge in [0.05, 0.1) is 12.2 Å². The highest BCUT2D eigenvalue weighted by molar-refractivity contribution is 6.09. The molecule has 1 heterocycles. The molecule has 2 aromatic rings. The van der Waals surface area contributed by atoms with Crippen LogP contribution in [0.2, 0.25) is 0 Å². The Balaban J connectivity index is 1.75. The normalized spacial score (nSPS) is 18.3. The second-order valence-electron chi connectivity index (χ2n) is 10.9. The SMILES string of the molecule is CCCCCCCOc1cc2c(cc1-c1cc3c(o1)=CCC(=O)C=3)C(C)(C)CCC2(C)C. The van der Waals surface area contributed by atoms with Crippen LogP contribution in [0.3, 0.4) is 0 Å². The Morgan fingerprint density at radius 1 is 0.938 bits per heavy atom. The lowest BCUT2D eigenvalue weighted by Gasteiger charge is -2.42. The average Bonchev–Trinajstić information content (AvgIpc) is 3.16. The van der Waals surface area contributed by atoms with Crippen molar-refractivity contribution < 1.29 is 13.9 Å². The highest BCUT2D eigenvalue weighted by Crippen LogP contribution is 2.49. The van der Waals surface area contributed by atoms with Crippen molar-refractivity contribution in [2.45, 2.75) is 96.8 Å². The monoisotopic (exact) mass is 434 g/mol. The summed E-state index contributed by atoms with van der Waals surface area (Å²) in [5.41, 5.74) is 4.81. The molecule has 32 heavy (non-hydrogen) atoms. The molecule has 0 saturated carbocycles. The van der Waals surface area contributed by atoms with Gasteiger partial charge in [-0.3, -0.25) is 4.79 Å². The van der Waals surface area contributed by atoms with E-state index in [1.807, 2.05) is 12.1 Å². The lowest BCUT2D eigenvalue weighted by molar-refractivity contribution is -0.112. The van der Waals surface area contributed by atoms with Crippen molar-refractivity contribution in [2.24, 2.45) is 0 Å². The molecule has 0 amide bonds. The molecular formula is C29H38O3. The fraction of sp³-hybridized carbons (Fsp3) is 0.552. The van der Waals surface area contributed by atoms with Gasteiger partial charge in [0.2, 0.25) is 0 Å². The summed E-state index contributed by atoms with van der Waals surface area (Å²) in [6.45, 7) is 12.3. The summed E-state index contributed by atoms with van der Waals surface area (Å²) < 4.78 is 12.6. The van der Waals surface area contributed by atoms with Crippen LogP contribution in [0.25, 0.3) is 23.5 Å². The highest BCUT2D eigenvalue weighted by atomic mass is 16.5. The Hall–Kier alpha value is -2.29. The zero-order chi connectivity index (χ0) is 22.9. The standard InChI is InChI=1S/C29H38O3/c1-6-7-8-9-10-15-31-26-19-24-23(28(2,3)13-14-29(24,4)5)18-22(26)27-17-20-16-21(30)11-12-25(20)32-27/h12,16-19H,6-11,13-15H2,1-5H3. The summed E-state index contributed by atoms with van der Waals surface area (Å²) in [4.78, 5) is 11.9. The summed E-state index contributed by atoms with van der Waals surface area (Å²) in [5, 5.41) is 0.874. The zero-order valence-corrected chi connectivity index (χ0v) is 20.5. The molecule has 172 valence electrons. The van der Waals surface area contributed by atoms with Crippen LogP contribution in [0.15, 0.2) is 22.6 Å². The number of Topliss-reactive ketones (excluding diaryl/α,β-unsaturated/α-hetero) is 1. The first kappa shape index (κ1) is 22.9. The second kappa shape index (κ2) is 8.92. The second-order valence-corrected chi connectivity index (χ2v) is 10.9. The third-order valence-corrected chi connectivity index (χ3v) is 7.32. The maximum Gasteiger partial charge on any atom is 0.160 e. The third-order valence-electron chi connectivity index (χ3n) is 7.32. The van der Waals surface area contributed by atoms with Crippen molar-refractivity contribution in [2.75, 3.05) is 6.61 Å². The van der Waals surface area contributed by atoms with E-state index in [0.29, 0.717) is 6.42 Å². The predicted molar refractivity (Wildman–Crippen MR) is 131 cm³/mol. The fourth-order valence-electron chi connectivity index (χ4n) is 5.04. The first-order chi connectivity index (χ1) is 15.2.